The molecule has 2 aliphatic rings. The minimum atomic E-state index is -0.234. The minimum absolute atomic E-state index is 0. The first kappa shape index (κ1) is 19.2. The fourth-order valence-corrected chi connectivity index (χ4v) is 3.64. The molecule has 2 heterocycles. The molecular weight excluding hydrogens is 329 g/mol. The van der Waals surface area contributed by atoms with Gasteiger partial charge in [0.05, 0.1) is 0 Å². The molecule has 1 amide bonds. The Morgan fingerprint density at radius 3 is 2.79 bits per heavy atom. The molecule has 2 atom stereocenters. The van der Waals surface area contributed by atoms with Gasteiger partial charge in [0, 0.05) is 51.7 Å². The van der Waals surface area contributed by atoms with Gasteiger partial charge in [-0.25, -0.2) is 4.39 Å². The number of piperazine rings is 1. The highest BCUT2D eigenvalue weighted by Gasteiger charge is 2.31. The van der Waals surface area contributed by atoms with Gasteiger partial charge in [-0.05, 0) is 30.0 Å². The van der Waals surface area contributed by atoms with Gasteiger partial charge >= 0.3 is 0 Å². The number of nitrogens with zero attached hydrogens (tertiary/aromatic N) is 2. The Morgan fingerprint density at radius 2 is 2.08 bits per heavy atom. The highest BCUT2D eigenvalue weighted by molar-refractivity contribution is 5.85. The van der Waals surface area contributed by atoms with Crippen molar-refractivity contribution in [1.82, 2.24) is 15.1 Å². The van der Waals surface area contributed by atoms with Gasteiger partial charge in [0.1, 0.15) is 5.82 Å². The Labute approximate surface area is 149 Å². The molecule has 0 aromatic heterocycles. The van der Waals surface area contributed by atoms with Crippen LogP contribution in [0.15, 0.2) is 24.3 Å². The number of hydrogen-bond acceptors (Lipinski definition) is 3. The lowest BCUT2D eigenvalue weighted by atomic mass is 9.97. The van der Waals surface area contributed by atoms with Gasteiger partial charge in [-0.3, -0.25) is 9.69 Å². The van der Waals surface area contributed by atoms with Crippen molar-refractivity contribution in [2.24, 2.45) is 0 Å². The van der Waals surface area contributed by atoms with Crippen molar-refractivity contribution in [2.45, 2.75) is 31.7 Å². The monoisotopic (exact) mass is 355 g/mol. The quantitative estimate of drug-likeness (QED) is 0.899. The van der Waals surface area contributed by atoms with Crippen LogP contribution in [0, 0.1) is 5.82 Å². The van der Waals surface area contributed by atoms with Gasteiger partial charge in [0.2, 0.25) is 5.91 Å². The SMILES string of the molecule is CC(CC(=O)N1CCC(N2CCNCC2)C1)c1cccc(F)c1.Cl. The van der Waals surface area contributed by atoms with E-state index < -0.39 is 0 Å². The fourth-order valence-electron chi connectivity index (χ4n) is 3.64. The summed E-state index contributed by atoms with van der Waals surface area (Å²) in [5, 5.41) is 3.37. The summed E-state index contributed by atoms with van der Waals surface area (Å²) < 4.78 is 13.3. The van der Waals surface area contributed by atoms with Crippen LogP contribution in [0.3, 0.4) is 0 Å². The molecule has 3 rings (SSSR count). The van der Waals surface area contributed by atoms with Gasteiger partial charge in [-0.2, -0.15) is 0 Å². The molecular formula is C18H27ClFN3O. The summed E-state index contributed by atoms with van der Waals surface area (Å²) in [6.45, 7) is 7.93. The Kier molecular flexibility index (Phi) is 7.02. The number of hydrogen-bond donors (Lipinski definition) is 1. The minimum Gasteiger partial charge on any atom is -0.341 e. The van der Waals surface area contributed by atoms with Crippen LogP contribution in [0.1, 0.15) is 31.2 Å². The standard InChI is InChI=1S/C18H26FN3O.ClH/c1-14(15-3-2-4-16(19)12-15)11-18(23)22-8-5-17(13-22)21-9-6-20-7-10-21;/h2-4,12,14,17,20H,5-11,13H2,1H3;1H. The van der Waals surface area contributed by atoms with Gasteiger partial charge in [-0.15, -0.1) is 12.4 Å². The average molecular weight is 356 g/mol. The molecule has 134 valence electrons. The Bertz CT molecular complexity index is 551. The summed E-state index contributed by atoms with van der Waals surface area (Å²) in [4.78, 5) is 17.0. The molecule has 0 bridgehead atoms. The zero-order valence-electron chi connectivity index (χ0n) is 14.2. The molecule has 0 aliphatic carbocycles. The van der Waals surface area contributed by atoms with Crippen molar-refractivity contribution >= 4 is 18.3 Å². The average Bonchev–Trinajstić information content (AvgIpc) is 3.06. The van der Waals surface area contributed by atoms with E-state index in [1.807, 2.05) is 17.9 Å². The van der Waals surface area contributed by atoms with Crippen molar-refractivity contribution < 1.29 is 9.18 Å². The molecule has 2 aliphatic heterocycles. The van der Waals surface area contributed by atoms with E-state index in [0.717, 1.165) is 51.3 Å². The molecule has 1 N–H and O–H groups in total. The summed E-state index contributed by atoms with van der Waals surface area (Å²) in [6.07, 6.45) is 1.53. The van der Waals surface area contributed by atoms with E-state index >= 15 is 0 Å². The number of halogens is 2. The van der Waals surface area contributed by atoms with Crippen LogP contribution in [0.25, 0.3) is 0 Å². The maximum Gasteiger partial charge on any atom is 0.223 e. The van der Waals surface area contributed by atoms with E-state index in [1.165, 1.54) is 12.1 Å². The Morgan fingerprint density at radius 1 is 1.33 bits per heavy atom. The lowest BCUT2D eigenvalue weighted by molar-refractivity contribution is -0.130. The predicted molar refractivity (Wildman–Crippen MR) is 96.1 cm³/mol. The van der Waals surface area contributed by atoms with Crippen LogP contribution < -0.4 is 5.32 Å². The maximum atomic E-state index is 13.3. The predicted octanol–water partition coefficient (Wildman–Crippen LogP) is 2.25. The Hall–Kier alpha value is -1.17. The van der Waals surface area contributed by atoms with E-state index in [0.29, 0.717) is 12.5 Å². The summed E-state index contributed by atoms with van der Waals surface area (Å²) >= 11 is 0. The first-order valence-corrected chi connectivity index (χ1v) is 8.61. The first-order chi connectivity index (χ1) is 11.1. The largest absolute Gasteiger partial charge is 0.341 e. The highest BCUT2D eigenvalue weighted by atomic mass is 35.5. The molecule has 1 aromatic rings. The molecule has 0 saturated carbocycles. The van der Waals surface area contributed by atoms with Gasteiger partial charge < -0.3 is 10.2 Å². The van der Waals surface area contributed by atoms with E-state index in [4.69, 9.17) is 0 Å². The second-order valence-electron chi connectivity index (χ2n) is 6.73. The van der Waals surface area contributed by atoms with E-state index in [-0.39, 0.29) is 30.0 Å². The van der Waals surface area contributed by atoms with Gasteiger partial charge in [0.15, 0.2) is 0 Å². The first-order valence-electron chi connectivity index (χ1n) is 8.61. The molecule has 2 unspecified atom stereocenters. The third-order valence-corrected chi connectivity index (χ3v) is 5.08. The molecule has 0 spiro atoms. The van der Waals surface area contributed by atoms with Crippen molar-refractivity contribution in [3.63, 3.8) is 0 Å². The number of rotatable bonds is 4. The summed E-state index contributed by atoms with van der Waals surface area (Å²) in [5.41, 5.74) is 0.899. The van der Waals surface area contributed by atoms with Crippen LogP contribution in [0.4, 0.5) is 4.39 Å². The molecule has 4 nitrogen and oxygen atoms in total. The van der Waals surface area contributed by atoms with Crippen molar-refractivity contribution in [3.05, 3.63) is 35.6 Å². The highest BCUT2D eigenvalue weighted by Crippen LogP contribution is 2.23. The maximum absolute atomic E-state index is 13.3. The van der Waals surface area contributed by atoms with Crippen molar-refractivity contribution in [3.8, 4) is 0 Å². The van der Waals surface area contributed by atoms with E-state index in [9.17, 15) is 9.18 Å². The normalized spacial score (nSPS) is 22.9. The lowest BCUT2D eigenvalue weighted by Crippen LogP contribution is -2.49. The van der Waals surface area contributed by atoms with Crippen molar-refractivity contribution in [2.75, 3.05) is 39.3 Å². The lowest BCUT2D eigenvalue weighted by Gasteiger charge is -2.32. The second-order valence-corrected chi connectivity index (χ2v) is 6.73. The van der Waals surface area contributed by atoms with Crippen LogP contribution in [-0.4, -0.2) is 61.0 Å². The number of likely N-dealkylation sites (tertiary alicyclic amines) is 1. The molecule has 6 heteroatoms. The molecule has 24 heavy (non-hydrogen) atoms. The smallest absolute Gasteiger partial charge is 0.223 e. The molecule has 1 aromatic carbocycles. The third kappa shape index (κ3) is 4.68. The van der Waals surface area contributed by atoms with E-state index in [1.54, 1.807) is 6.07 Å². The van der Waals surface area contributed by atoms with Crippen LogP contribution in [0.2, 0.25) is 0 Å². The summed E-state index contributed by atoms with van der Waals surface area (Å²) in [5.74, 6) is 0.0116. The zero-order chi connectivity index (χ0) is 16.2. The topological polar surface area (TPSA) is 35.6 Å². The number of amides is 1. The number of nitrogens with one attached hydrogen (secondary N) is 1. The number of carbonyl (C=O) groups excluding carboxylic acids is 1. The van der Waals surface area contributed by atoms with Crippen LogP contribution in [0.5, 0.6) is 0 Å². The van der Waals surface area contributed by atoms with Gasteiger partial charge in [-0.1, -0.05) is 19.1 Å². The number of carbonyl (C=O) groups is 1. The van der Waals surface area contributed by atoms with Crippen molar-refractivity contribution in [1.29, 1.82) is 0 Å². The van der Waals surface area contributed by atoms with Gasteiger partial charge in [0.25, 0.3) is 0 Å². The third-order valence-electron chi connectivity index (χ3n) is 5.08. The van der Waals surface area contributed by atoms with E-state index in [2.05, 4.69) is 10.2 Å². The molecule has 2 saturated heterocycles. The zero-order valence-corrected chi connectivity index (χ0v) is 15.0. The Balaban J connectivity index is 0.00000208. The second kappa shape index (κ2) is 8.79. The fraction of sp³-hybridized carbons (Fsp3) is 0.611. The van der Waals surface area contributed by atoms with Crippen LogP contribution >= 0.6 is 12.4 Å². The molecule has 2 fully saturated rings. The summed E-state index contributed by atoms with van der Waals surface area (Å²) in [7, 11) is 0. The molecule has 0 radical (unpaired) electrons. The number of benzene rings is 1. The van der Waals surface area contributed by atoms with Crippen LogP contribution in [-0.2, 0) is 4.79 Å². The summed E-state index contributed by atoms with van der Waals surface area (Å²) in [6, 6.07) is 7.09.